The average Bonchev–Trinajstić information content (AvgIpc) is 2.64. The molecule has 6 heteroatoms. The van der Waals surface area contributed by atoms with E-state index in [0.717, 1.165) is 19.3 Å². The van der Waals surface area contributed by atoms with Gasteiger partial charge in [0.25, 0.3) is 0 Å². The SMILES string of the molecule is CCS(=O)(=O)N1CC2CCCC(N)C2C1.Cl. The molecule has 3 atom stereocenters. The first-order valence-electron chi connectivity index (χ1n) is 5.78. The number of halogens is 1. The Balaban J connectivity index is 0.00000128. The highest BCUT2D eigenvalue weighted by Crippen LogP contribution is 2.36. The predicted octanol–water partition coefficient (Wildman–Crippen LogP) is 0.817. The summed E-state index contributed by atoms with van der Waals surface area (Å²) in [6.45, 7) is 3.06. The van der Waals surface area contributed by atoms with Gasteiger partial charge in [0, 0.05) is 19.1 Å². The molecule has 4 nitrogen and oxygen atoms in total. The van der Waals surface area contributed by atoms with Crippen molar-refractivity contribution in [1.82, 2.24) is 4.31 Å². The van der Waals surface area contributed by atoms with E-state index in [9.17, 15) is 8.42 Å². The predicted molar refractivity (Wildman–Crippen MR) is 67.1 cm³/mol. The van der Waals surface area contributed by atoms with Gasteiger partial charge in [-0.2, -0.15) is 0 Å². The molecular formula is C10H21ClN2O2S. The third kappa shape index (κ3) is 2.53. The van der Waals surface area contributed by atoms with Crippen molar-refractivity contribution >= 4 is 22.4 Å². The molecular weight excluding hydrogens is 248 g/mol. The summed E-state index contributed by atoms with van der Waals surface area (Å²) < 4.78 is 25.1. The lowest BCUT2D eigenvalue weighted by atomic mass is 9.78. The van der Waals surface area contributed by atoms with Crippen LogP contribution in [0.4, 0.5) is 0 Å². The van der Waals surface area contributed by atoms with Crippen molar-refractivity contribution in [1.29, 1.82) is 0 Å². The summed E-state index contributed by atoms with van der Waals surface area (Å²) >= 11 is 0. The Bertz CT molecular complexity index is 334. The zero-order chi connectivity index (χ0) is 11.1. The molecule has 0 aromatic rings. The second-order valence-corrected chi connectivity index (χ2v) is 6.99. The molecule has 1 heterocycles. The maximum Gasteiger partial charge on any atom is 0.213 e. The van der Waals surface area contributed by atoms with E-state index in [0.29, 0.717) is 24.9 Å². The largest absolute Gasteiger partial charge is 0.327 e. The number of hydrogen-bond donors (Lipinski definition) is 1. The highest BCUT2D eigenvalue weighted by atomic mass is 35.5. The molecule has 1 saturated heterocycles. The fraction of sp³-hybridized carbons (Fsp3) is 1.00. The summed E-state index contributed by atoms with van der Waals surface area (Å²) in [7, 11) is -3.00. The first-order chi connectivity index (χ1) is 7.04. The maximum atomic E-state index is 11.7. The van der Waals surface area contributed by atoms with Gasteiger partial charge in [0.15, 0.2) is 0 Å². The van der Waals surface area contributed by atoms with Crippen LogP contribution in [0.3, 0.4) is 0 Å². The molecule has 0 aromatic carbocycles. The second kappa shape index (κ2) is 5.21. The smallest absolute Gasteiger partial charge is 0.213 e. The molecule has 16 heavy (non-hydrogen) atoms. The van der Waals surface area contributed by atoms with E-state index in [1.807, 2.05) is 0 Å². The highest BCUT2D eigenvalue weighted by molar-refractivity contribution is 7.89. The lowest BCUT2D eigenvalue weighted by molar-refractivity contribution is 0.260. The summed E-state index contributed by atoms with van der Waals surface area (Å²) in [5.41, 5.74) is 6.05. The molecule has 1 aliphatic heterocycles. The van der Waals surface area contributed by atoms with Crippen LogP contribution in [0, 0.1) is 11.8 Å². The summed E-state index contributed by atoms with van der Waals surface area (Å²) in [4.78, 5) is 0. The van der Waals surface area contributed by atoms with Crippen LogP contribution in [0.1, 0.15) is 26.2 Å². The lowest BCUT2D eigenvalue weighted by Gasteiger charge is -2.29. The van der Waals surface area contributed by atoms with E-state index in [-0.39, 0.29) is 24.2 Å². The number of hydrogen-bond acceptors (Lipinski definition) is 3. The van der Waals surface area contributed by atoms with E-state index in [4.69, 9.17) is 5.73 Å². The van der Waals surface area contributed by atoms with Crippen LogP contribution in [0.15, 0.2) is 0 Å². The molecule has 2 N–H and O–H groups in total. The van der Waals surface area contributed by atoms with Gasteiger partial charge < -0.3 is 5.73 Å². The minimum atomic E-state index is -3.00. The molecule has 1 aliphatic carbocycles. The van der Waals surface area contributed by atoms with Crippen LogP contribution in [0.25, 0.3) is 0 Å². The van der Waals surface area contributed by atoms with Crippen molar-refractivity contribution in [3.8, 4) is 0 Å². The highest BCUT2D eigenvalue weighted by Gasteiger charge is 2.42. The summed E-state index contributed by atoms with van der Waals surface area (Å²) in [5, 5.41) is 0. The molecule has 0 spiro atoms. The Morgan fingerprint density at radius 3 is 2.56 bits per heavy atom. The fourth-order valence-electron chi connectivity index (χ4n) is 2.89. The minimum absolute atomic E-state index is 0. The first kappa shape index (κ1) is 14.2. The normalized spacial score (nSPS) is 35.5. The number of nitrogens with two attached hydrogens (primary N) is 1. The van der Waals surface area contributed by atoms with Crippen LogP contribution < -0.4 is 5.73 Å². The first-order valence-corrected chi connectivity index (χ1v) is 7.39. The Kier molecular flexibility index (Phi) is 4.63. The van der Waals surface area contributed by atoms with E-state index < -0.39 is 10.0 Å². The zero-order valence-corrected chi connectivity index (χ0v) is 11.3. The van der Waals surface area contributed by atoms with Crippen molar-refractivity contribution in [2.45, 2.75) is 32.2 Å². The van der Waals surface area contributed by atoms with Crippen molar-refractivity contribution in [3.05, 3.63) is 0 Å². The summed E-state index contributed by atoms with van der Waals surface area (Å²) in [6.07, 6.45) is 3.36. The number of rotatable bonds is 2. The van der Waals surface area contributed by atoms with Crippen LogP contribution >= 0.6 is 12.4 Å². The lowest BCUT2D eigenvalue weighted by Crippen LogP contribution is -2.38. The van der Waals surface area contributed by atoms with Gasteiger partial charge in [-0.1, -0.05) is 6.42 Å². The maximum absolute atomic E-state index is 11.7. The van der Waals surface area contributed by atoms with Crippen LogP contribution in [0.5, 0.6) is 0 Å². The van der Waals surface area contributed by atoms with Gasteiger partial charge in [0.2, 0.25) is 10.0 Å². The Morgan fingerprint density at radius 1 is 1.31 bits per heavy atom. The summed E-state index contributed by atoms with van der Waals surface area (Å²) in [5.74, 6) is 1.12. The molecule has 96 valence electrons. The third-order valence-electron chi connectivity index (χ3n) is 3.88. The van der Waals surface area contributed by atoms with E-state index in [2.05, 4.69) is 0 Å². The number of fused-ring (bicyclic) bond motifs is 1. The molecule has 0 bridgehead atoms. The molecule has 3 unspecified atom stereocenters. The molecule has 0 amide bonds. The van der Waals surface area contributed by atoms with Gasteiger partial charge in [-0.15, -0.1) is 12.4 Å². The Morgan fingerprint density at radius 2 is 2.00 bits per heavy atom. The third-order valence-corrected chi connectivity index (χ3v) is 5.69. The molecule has 2 rings (SSSR count). The molecule has 2 fully saturated rings. The van der Waals surface area contributed by atoms with Crippen LogP contribution in [-0.4, -0.2) is 37.6 Å². The molecule has 1 saturated carbocycles. The average molecular weight is 269 g/mol. The van der Waals surface area contributed by atoms with Crippen LogP contribution in [-0.2, 0) is 10.0 Å². The molecule has 0 radical (unpaired) electrons. The van der Waals surface area contributed by atoms with Gasteiger partial charge in [-0.25, -0.2) is 12.7 Å². The van der Waals surface area contributed by atoms with Crippen LogP contribution in [0.2, 0.25) is 0 Å². The Labute approximate surface area is 104 Å². The van der Waals surface area contributed by atoms with Crippen molar-refractivity contribution in [2.24, 2.45) is 17.6 Å². The number of sulfonamides is 1. The van der Waals surface area contributed by atoms with Gasteiger partial charge in [0.05, 0.1) is 5.75 Å². The fourth-order valence-corrected chi connectivity index (χ4v) is 4.07. The molecule has 0 aromatic heterocycles. The monoisotopic (exact) mass is 268 g/mol. The minimum Gasteiger partial charge on any atom is -0.327 e. The quantitative estimate of drug-likeness (QED) is 0.806. The number of nitrogens with zero attached hydrogens (tertiary/aromatic N) is 1. The second-order valence-electron chi connectivity index (χ2n) is 4.74. The van der Waals surface area contributed by atoms with Gasteiger partial charge in [-0.3, -0.25) is 0 Å². The zero-order valence-electron chi connectivity index (χ0n) is 9.63. The standard InChI is InChI=1S/C10H20N2O2S.ClH/c1-2-15(13,14)12-6-8-4-3-5-10(11)9(8)7-12;/h8-10H,2-7,11H2,1H3;1H. The van der Waals surface area contributed by atoms with E-state index in [1.54, 1.807) is 11.2 Å². The van der Waals surface area contributed by atoms with Crippen molar-refractivity contribution < 1.29 is 8.42 Å². The van der Waals surface area contributed by atoms with Gasteiger partial charge in [-0.05, 0) is 31.6 Å². The summed E-state index contributed by atoms with van der Waals surface area (Å²) in [6, 6.07) is 0.209. The van der Waals surface area contributed by atoms with Crippen molar-refractivity contribution in [3.63, 3.8) is 0 Å². The van der Waals surface area contributed by atoms with E-state index in [1.165, 1.54) is 0 Å². The van der Waals surface area contributed by atoms with Gasteiger partial charge >= 0.3 is 0 Å². The van der Waals surface area contributed by atoms with E-state index >= 15 is 0 Å². The topological polar surface area (TPSA) is 63.4 Å². The van der Waals surface area contributed by atoms with Gasteiger partial charge in [0.1, 0.15) is 0 Å². The van der Waals surface area contributed by atoms with Crippen molar-refractivity contribution in [2.75, 3.05) is 18.8 Å². The Hall–Kier alpha value is 0.160. The molecule has 2 aliphatic rings.